The molecule has 21 heavy (non-hydrogen) atoms. The van der Waals surface area contributed by atoms with Crippen LogP contribution < -0.4 is 15.2 Å². The summed E-state index contributed by atoms with van der Waals surface area (Å²) in [6.45, 7) is 2.42. The third-order valence-electron chi connectivity index (χ3n) is 2.66. The van der Waals surface area contributed by atoms with Crippen LogP contribution in [-0.4, -0.2) is 15.0 Å². The van der Waals surface area contributed by atoms with Crippen molar-refractivity contribution in [3.8, 4) is 5.75 Å². The Morgan fingerprint density at radius 2 is 1.86 bits per heavy atom. The second-order valence-electron chi connectivity index (χ2n) is 4.25. The molecule has 0 saturated carbocycles. The van der Waals surface area contributed by atoms with Gasteiger partial charge in [0, 0.05) is 11.4 Å². The van der Waals surface area contributed by atoms with Gasteiger partial charge in [0.15, 0.2) is 0 Å². The van der Waals surface area contributed by atoms with Crippen molar-refractivity contribution >= 4 is 33.0 Å². The molecule has 0 heterocycles. The molecule has 0 aliphatic rings. The van der Waals surface area contributed by atoms with Crippen LogP contribution in [0.1, 0.15) is 6.92 Å². The van der Waals surface area contributed by atoms with Crippen molar-refractivity contribution in [2.24, 2.45) is 0 Å². The summed E-state index contributed by atoms with van der Waals surface area (Å²) in [5.74, 6) is 0.669. The summed E-state index contributed by atoms with van der Waals surface area (Å²) < 4.78 is 32.3. The maximum atomic E-state index is 12.3. The number of halogens is 1. The third kappa shape index (κ3) is 3.80. The first-order valence-electron chi connectivity index (χ1n) is 6.23. The van der Waals surface area contributed by atoms with Gasteiger partial charge >= 0.3 is 0 Å². The Balaban J connectivity index is 2.26. The average molecular weight is 327 g/mol. The highest BCUT2D eigenvalue weighted by molar-refractivity contribution is 7.92. The Labute approximate surface area is 128 Å². The monoisotopic (exact) mass is 326 g/mol. The standard InChI is InChI=1S/C14H15ClN2O3S/c1-2-20-12-6-4-11(5-7-12)17-21(18,19)14-9-10(16)3-8-13(14)15/h3-9,17H,2,16H2,1H3. The summed E-state index contributed by atoms with van der Waals surface area (Å²) in [4.78, 5) is -0.0574. The van der Waals surface area contributed by atoms with E-state index in [0.29, 0.717) is 23.7 Å². The summed E-state index contributed by atoms with van der Waals surface area (Å²) in [5.41, 5.74) is 6.34. The fourth-order valence-electron chi connectivity index (χ4n) is 1.72. The van der Waals surface area contributed by atoms with E-state index in [-0.39, 0.29) is 9.92 Å². The molecule has 0 unspecified atom stereocenters. The van der Waals surface area contributed by atoms with Gasteiger partial charge in [-0.15, -0.1) is 0 Å². The zero-order valence-electron chi connectivity index (χ0n) is 11.3. The van der Waals surface area contributed by atoms with Crippen LogP contribution >= 0.6 is 11.6 Å². The first-order valence-corrected chi connectivity index (χ1v) is 8.09. The molecular weight excluding hydrogens is 312 g/mol. The van der Waals surface area contributed by atoms with E-state index in [9.17, 15) is 8.42 Å². The van der Waals surface area contributed by atoms with E-state index in [0.717, 1.165) is 0 Å². The van der Waals surface area contributed by atoms with Gasteiger partial charge in [-0.05, 0) is 49.4 Å². The summed E-state index contributed by atoms with van der Waals surface area (Å²) >= 11 is 5.92. The molecular formula is C14H15ClN2O3S. The van der Waals surface area contributed by atoms with Crippen LogP contribution in [0.25, 0.3) is 0 Å². The number of benzene rings is 2. The highest BCUT2D eigenvalue weighted by atomic mass is 35.5. The smallest absolute Gasteiger partial charge is 0.263 e. The Kier molecular flexibility index (Phi) is 4.59. The number of sulfonamides is 1. The first-order chi connectivity index (χ1) is 9.92. The first kappa shape index (κ1) is 15.5. The molecule has 0 amide bonds. The maximum absolute atomic E-state index is 12.3. The lowest BCUT2D eigenvalue weighted by molar-refractivity contribution is 0.340. The summed E-state index contributed by atoms with van der Waals surface area (Å²) in [6.07, 6.45) is 0. The van der Waals surface area contributed by atoms with Crippen molar-refractivity contribution in [2.45, 2.75) is 11.8 Å². The topological polar surface area (TPSA) is 81.4 Å². The SMILES string of the molecule is CCOc1ccc(NS(=O)(=O)c2cc(N)ccc2Cl)cc1. The lowest BCUT2D eigenvalue weighted by Gasteiger charge is -2.11. The minimum absolute atomic E-state index is 0.0574. The number of hydrogen-bond acceptors (Lipinski definition) is 4. The second-order valence-corrected chi connectivity index (χ2v) is 6.31. The third-order valence-corrected chi connectivity index (χ3v) is 4.53. The van der Waals surface area contributed by atoms with Gasteiger partial charge in [-0.3, -0.25) is 4.72 Å². The largest absolute Gasteiger partial charge is 0.494 e. The molecule has 0 aromatic heterocycles. The van der Waals surface area contributed by atoms with E-state index in [1.54, 1.807) is 24.3 Å². The van der Waals surface area contributed by atoms with Gasteiger partial charge in [0.25, 0.3) is 10.0 Å². The number of hydrogen-bond donors (Lipinski definition) is 2. The Morgan fingerprint density at radius 3 is 2.48 bits per heavy atom. The number of ether oxygens (including phenoxy) is 1. The highest BCUT2D eigenvalue weighted by Gasteiger charge is 2.18. The molecule has 0 spiro atoms. The molecule has 0 bridgehead atoms. The Bertz CT molecular complexity index is 730. The number of nitrogens with two attached hydrogens (primary N) is 1. The van der Waals surface area contributed by atoms with Crippen LogP contribution in [0.4, 0.5) is 11.4 Å². The fourth-order valence-corrected chi connectivity index (χ4v) is 3.32. The zero-order chi connectivity index (χ0) is 15.5. The minimum atomic E-state index is -3.79. The molecule has 0 fully saturated rings. The summed E-state index contributed by atoms with van der Waals surface area (Å²) in [6, 6.07) is 10.9. The molecule has 0 aliphatic carbocycles. The van der Waals surface area contributed by atoms with Crippen LogP contribution in [0, 0.1) is 0 Å². The van der Waals surface area contributed by atoms with E-state index in [1.165, 1.54) is 18.2 Å². The maximum Gasteiger partial charge on any atom is 0.263 e. The van der Waals surface area contributed by atoms with E-state index >= 15 is 0 Å². The number of anilines is 2. The van der Waals surface area contributed by atoms with Gasteiger partial charge in [-0.2, -0.15) is 0 Å². The molecule has 7 heteroatoms. The Hall–Kier alpha value is -1.92. The van der Waals surface area contributed by atoms with Gasteiger partial charge in [-0.1, -0.05) is 11.6 Å². The van der Waals surface area contributed by atoms with Crippen molar-refractivity contribution in [3.05, 3.63) is 47.5 Å². The van der Waals surface area contributed by atoms with Crippen LogP contribution in [0.15, 0.2) is 47.4 Å². The molecule has 0 aliphatic heterocycles. The van der Waals surface area contributed by atoms with E-state index < -0.39 is 10.0 Å². The minimum Gasteiger partial charge on any atom is -0.494 e. The molecule has 3 N–H and O–H groups in total. The second kappa shape index (κ2) is 6.24. The van der Waals surface area contributed by atoms with Gasteiger partial charge in [0.2, 0.25) is 0 Å². The number of nitrogens with one attached hydrogen (secondary N) is 1. The average Bonchev–Trinajstić information content (AvgIpc) is 2.43. The van der Waals surface area contributed by atoms with Crippen molar-refractivity contribution in [3.63, 3.8) is 0 Å². The lowest BCUT2D eigenvalue weighted by Crippen LogP contribution is -2.13. The quantitative estimate of drug-likeness (QED) is 0.827. The fraction of sp³-hybridized carbons (Fsp3) is 0.143. The molecule has 5 nitrogen and oxygen atoms in total. The molecule has 0 atom stereocenters. The van der Waals surface area contributed by atoms with Gasteiger partial charge in [-0.25, -0.2) is 8.42 Å². The van der Waals surface area contributed by atoms with Gasteiger partial charge in [0.05, 0.1) is 11.6 Å². The molecule has 0 saturated heterocycles. The molecule has 0 radical (unpaired) electrons. The normalized spacial score (nSPS) is 11.1. The van der Waals surface area contributed by atoms with Crippen LogP contribution in [0.2, 0.25) is 5.02 Å². The van der Waals surface area contributed by atoms with Crippen LogP contribution in [0.5, 0.6) is 5.75 Å². The van der Waals surface area contributed by atoms with Gasteiger partial charge < -0.3 is 10.5 Å². The van der Waals surface area contributed by atoms with Crippen molar-refractivity contribution in [1.82, 2.24) is 0 Å². The van der Waals surface area contributed by atoms with Crippen molar-refractivity contribution in [1.29, 1.82) is 0 Å². The molecule has 2 aromatic rings. The highest BCUT2D eigenvalue weighted by Crippen LogP contribution is 2.26. The summed E-state index contributed by atoms with van der Waals surface area (Å²) in [5, 5.41) is 0.114. The van der Waals surface area contributed by atoms with Gasteiger partial charge in [0.1, 0.15) is 10.6 Å². The summed E-state index contributed by atoms with van der Waals surface area (Å²) in [7, 11) is -3.79. The van der Waals surface area contributed by atoms with Crippen LogP contribution in [-0.2, 0) is 10.0 Å². The predicted molar refractivity (Wildman–Crippen MR) is 84.3 cm³/mol. The molecule has 112 valence electrons. The van der Waals surface area contributed by atoms with E-state index in [1.807, 2.05) is 6.92 Å². The van der Waals surface area contributed by atoms with E-state index in [4.69, 9.17) is 22.1 Å². The Morgan fingerprint density at radius 1 is 1.19 bits per heavy atom. The lowest BCUT2D eigenvalue weighted by atomic mass is 10.3. The number of rotatable bonds is 5. The molecule has 2 aromatic carbocycles. The zero-order valence-corrected chi connectivity index (χ0v) is 12.9. The van der Waals surface area contributed by atoms with Crippen molar-refractivity contribution in [2.75, 3.05) is 17.1 Å². The van der Waals surface area contributed by atoms with Crippen LogP contribution in [0.3, 0.4) is 0 Å². The van der Waals surface area contributed by atoms with E-state index in [2.05, 4.69) is 4.72 Å². The molecule has 2 rings (SSSR count). The predicted octanol–water partition coefficient (Wildman–Crippen LogP) is 3.12. The van der Waals surface area contributed by atoms with Crippen molar-refractivity contribution < 1.29 is 13.2 Å². The number of nitrogen functional groups attached to an aromatic ring is 1.